The SMILES string of the molecule is O=C(O)C1=CCS[C@H]2C(NC(=O)C(=NOC(F)F)c3csc(NC(c4ccccc4)(c4ccccc4)c4ccccc4)n3)C(=O)N12. The van der Waals surface area contributed by atoms with Crippen molar-refractivity contribution in [3.8, 4) is 0 Å². The summed E-state index contributed by atoms with van der Waals surface area (Å²) in [7, 11) is 0. The molecule has 14 heteroatoms. The Labute approximate surface area is 269 Å². The van der Waals surface area contributed by atoms with Crippen molar-refractivity contribution in [1.82, 2.24) is 15.2 Å². The summed E-state index contributed by atoms with van der Waals surface area (Å²) < 4.78 is 26.2. The second-order valence-corrected chi connectivity index (χ2v) is 12.1. The van der Waals surface area contributed by atoms with E-state index in [9.17, 15) is 28.3 Å². The highest BCUT2D eigenvalue weighted by Gasteiger charge is 2.53. The molecule has 4 aromatic rings. The van der Waals surface area contributed by atoms with E-state index >= 15 is 0 Å². The van der Waals surface area contributed by atoms with Gasteiger partial charge >= 0.3 is 12.6 Å². The number of rotatable bonds is 11. The Morgan fingerprint density at radius 3 is 2.07 bits per heavy atom. The largest absolute Gasteiger partial charge is 0.477 e. The van der Waals surface area contributed by atoms with Crippen LogP contribution in [-0.2, 0) is 24.8 Å². The summed E-state index contributed by atoms with van der Waals surface area (Å²) in [5.41, 5.74) is 0.907. The number of anilines is 1. The Kier molecular flexibility index (Phi) is 8.81. The molecule has 0 spiro atoms. The quantitative estimate of drug-likeness (QED) is 0.0899. The van der Waals surface area contributed by atoms with Crippen molar-refractivity contribution >= 4 is 51.7 Å². The van der Waals surface area contributed by atoms with E-state index in [0.29, 0.717) is 10.9 Å². The van der Waals surface area contributed by atoms with E-state index < -0.39 is 47.1 Å². The highest BCUT2D eigenvalue weighted by Crippen LogP contribution is 2.41. The minimum atomic E-state index is -3.32. The molecule has 3 aromatic carbocycles. The number of hydrogen-bond acceptors (Lipinski definition) is 9. The summed E-state index contributed by atoms with van der Waals surface area (Å²) >= 11 is 2.38. The minimum Gasteiger partial charge on any atom is -0.477 e. The van der Waals surface area contributed by atoms with Gasteiger partial charge in [-0.3, -0.25) is 14.5 Å². The first-order valence-electron chi connectivity index (χ1n) is 13.9. The van der Waals surface area contributed by atoms with E-state index in [0.717, 1.165) is 32.9 Å². The van der Waals surface area contributed by atoms with Crippen molar-refractivity contribution in [3.05, 3.63) is 131 Å². The van der Waals surface area contributed by atoms with Crippen LogP contribution < -0.4 is 10.6 Å². The third-order valence-corrected chi connectivity index (χ3v) is 9.39. The maximum Gasteiger partial charge on any atom is 0.407 e. The minimum absolute atomic E-state index is 0.0696. The molecule has 234 valence electrons. The molecule has 0 saturated carbocycles. The number of aliphatic carboxylic acids is 1. The lowest BCUT2D eigenvalue weighted by atomic mass is 9.77. The average Bonchev–Trinajstić information content (AvgIpc) is 3.54. The zero-order valence-corrected chi connectivity index (χ0v) is 25.4. The summed E-state index contributed by atoms with van der Waals surface area (Å²) in [6.07, 6.45) is 1.41. The van der Waals surface area contributed by atoms with Gasteiger partial charge in [-0.15, -0.1) is 23.1 Å². The number of thioether (sulfide) groups is 1. The van der Waals surface area contributed by atoms with Crippen LogP contribution in [0.3, 0.4) is 0 Å². The van der Waals surface area contributed by atoms with Crippen molar-refractivity contribution in [1.29, 1.82) is 0 Å². The van der Waals surface area contributed by atoms with Gasteiger partial charge in [0, 0.05) is 11.1 Å². The van der Waals surface area contributed by atoms with Crippen LogP contribution in [0.2, 0.25) is 0 Å². The fourth-order valence-electron chi connectivity index (χ4n) is 5.43. The topological polar surface area (TPSA) is 133 Å². The molecule has 1 saturated heterocycles. The zero-order chi connectivity index (χ0) is 32.3. The molecule has 1 fully saturated rings. The molecular formula is C32H25F2N5O5S2. The normalized spacial score (nSPS) is 17.9. The number of hydrogen-bond donors (Lipinski definition) is 3. The number of carbonyl (C=O) groups is 3. The van der Waals surface area contributed by atoms with Crippen LogP contribution in [0, 0.1) is 0 Å². The van der Waals surface area contributed by atoms with E-state index in [-0.39, 0.29) is 11.4 Å². The Hall–Kier alpha value is -5.08. The molecule has 2 amide bonds. The lowest BCUT2D eigenvalue weighted by Gasteiger charge is -2.48. The van der Waals surface area contributed by atoms with Gasteiger partial charge in [-0.2, -0.15) is 8.78 Å². The molecular weight excluding hydrogens is 637 g/mol. The van der Waals surface area contributed by atoms with Crippen LogP contribution in [0.1, 0.15) is 22.4 Å². The predicted octanol–water partition coefficient (Wildman–Crippen LogP) is 4.86. The number of nitrogens with zero attached hydrogens (tertiary/aromatic N) is 3. The van der Waals surface area contributed by atoms with Crippen LogP contribution in [0.4, 0.5) is 13.9 Å². The molecule has 0 aliphatic carbocycles. The summed E-state index contributed by atoms with van der Waals surface area (Å²) in [4.78, 5) is 47.6. The maximum absolute atomic E-state index is 13.4. The van der Waals surface area contributed by atoms with Crippen LogP contribution in [0.15, 0.2) is 113 Å². The smallest absolute Gasteiger partial charge is 0.407 e. The first-order valence-corrected chi connectivity index (χ1v) is 15.8. The first kappa shape index (κ1) is 30.9. The van der Waals surface area contributed by atoms with Gasteiger partial charge in [-0.25, -0.2) is 9.78 Å². The lowest BCUT2D eigenvalue weighted by molar-refractivity contribution is -0.150. The Morgan fingerprint density at radius 1 is 0.978 bits per heavy atom. The van der Waals surface area contributed by atoms with Gasteiger partial charge in [-0.05, 0) is 22.8 Å². The molecule has 6 rings (SSSR count). The van der Waals surface area contributed by atoms with Gasteiger partial charge < -0.3 is 20.6 Å². The van der Waals surface area contributed by atoms with Crippen molar-refractivity contribution in [3.63, 3.8) is 0 Å². The highest BCUT2D eigenvalue weighted by molar-refractivity contribution is 8.00. The molecule has 3 heterocycles. The molecule has 3 N–H and O–H groups in total. The van der Waals surface area contributed by atoms with Gasteiger partial charge in [0.15, 0.2) is 10.8 Å². The summed E-state index contributed by atoms with van der Waals surface area (Å²) in [6, 6.07) is 28.0. The van der Waals surface area contributed by atoms with Crippen LogP contribution >= 0.6 is 23.1 Å². The number of thiazole rings is 1. The molecule has 10 nitrogen and oxygen atoms in total. The molecule has 1 aromatic heterocycles. The number of aromatic nitrogens is 1. The second-order valence-electron chi connectivity index (χ2n) is 10.1. The van der Waals surface area contributed by atoms with Crippen molar-refractivity contribution in [2.24, 2.45) is 5.16 Å². The number of carbonyl (C=O) groups excluding carboxylic acids is 2. The first-order chi connectivity index (χ1) is 22.3. The molecule has 2 aliphatic rings. The number of amides is 2. The number of nitrogens with one attached hydrogen (secondary N) is 2. The number of fused-ring (bicyclic) bond motifs is 1. The van der Waals surface area contributed by atoms with Gasteiger partial charge in [0.25, 0.3) is 11.8 Å². The summed E-state index contributed by atoms with van der Waals surface area (Å²) in [6.45, 7) is -3.32. The van der Waals surface area contributed by atoms with Crippen molar-refractivity contribution in [2.45, 2.75) is 23.6 Å². The third-order valence-electron chi connectivity index (χ3n) is 7.45. The monoisotopic (exact) mass is 661 g/mol. The zero-order valence-electron chi connectivity index (χ0n) is 23.7. The number of benzene rings is 3. The molecule has 0 bridgehead atoms. The fourth-order valence-corrected chi connectivity index (χ4v) is 7.37. The molecule has 46 heavy (non-hydrogen) atoms. The number of oxime groups is 1. The molecule has 0 radical (unpaired) electrons. The predicted molar refractivity (Wildman–Crippen MR) is 169 cm³/mol. The molecule has 2 atom stereocenters. The van der Waals surface area contributed by atoms with Gasteiger partial charge in [0.2, 0.25) is 0 Å². The number of carboxylic acid groups (broad SMARTS) is 1. The van der Waals surface area contributed by atoms with E-state index in [4.69, 9.17) is 0 Å². The average molecular weight is 662 g/mol. The fraction of sp³-hybridized carbons (Fsp3) is 0.156. The van der Waals surface area contributed by atoms with Crippen molar-refractivity contribution < 1.29 is 33.1 Å². The molecule has 1 unspecified atom stereocenters. The summed E-state index contributed by atoms with van der Waals surface area (Å²) in [5, 5.41) is 20.0. The maximum atomic E-state index is 13.4. The number of halogens is 2. The lowest BCUT2D eigenvalue weighted by Crippen LogP contribution is -2.70. The van der Waals surface area contributed by atoms with Crippen molar-refractivity contribution in [2.75, 3.05) is 11.1 Å². The van der Waals surface area contributed by atoms with E-state index in [1.807, 2.05) is 91.0 Å². The van der Waals surface area contributed by atoms with E-state index in [2.05, 4.69) is 25.6 Å². The van der Waals surface area contributed by atoms with Gasteiger partial charge in [0.05, 0.1) is 0 Å². The summed E-state index contributed by atoms with van der Waals surface area (Å²) in [5.74, 6) is -2.59. The van der Waals surface area contributed by atoms with Gasteiger partial charge in [0.1, 0.15) is 28.3 Å². The van der Waals surface area contributed by atoms with Gasteiger partial charge in [-0.1, -0.05) is 96.2 Å². The van der Waals surface area contributed by atoms with E-state index in [1.165, 1.54) is 23.2 Å². The third kappa shape index (κ3) is 5.84. The number of carboxylic acids is 1. The Morgan fingerprint density at radius 2 is 1.54 bits per heavy atom. The standard InChI is InChI=1S/C32H25F2N5O5S2/c33-30(34)44-38-24(26(40)36-25-27(41)39-23(29(42)43)16-17-45-28(25)39)22-18-46-31(35-22)37-32(19-10-4-1-5-11-19,20-12-6-2-7-13-20)21-14-8-3-9-15-21/h1-16,18,25,28,30H,17H2,(H,35,37)(H,36,40)(H,42,43)/t25?,28-/m0/s1. The van der Waals surface area contributed by atoms with Crippen LogP contribution in [0.5, 0.6) is 0 Å². The molecule has 2 aliphatic heterocycles. The highest BCUT2D eigenvalue weighted by atomic mass is 32.2. The van der Waals surface area contributed by atoms with Crippen LogP contribution in [-0.4, -0.2) is 62.3 Å². The Balaban J connectivity index is 1.34. The number of alkyl halides is 2. The Bertz CT molecular complexity index is 1710. The number of β-lactam (4-membered cyclic amide) rings is 1. The van der Waals surface area contributed by atoms with E-state index in [1.54, 1.807) is 0 Å². The second kappa shape index (κ2) is 13.1. The van der Waals surface area contributed by atoms with Crippen LogP contribution in [0.25, 0.3) is 0 Å².